The average Bonchev–Trinajstić information content (AvgIpc) is 1.90. The molecule has 58 valence electrons. The SMILES string of the molecule is Cl.N=C(N)C1CC=CCC1. The van der Waals surface area contributed by atoms with Crippen LogP contribution < -0.4 is 5.73 Å². The molecule has 0 aromatic carbocycles. The normalized spacial score (nSPS) is 23.4. The monoisotopic (exact) mass is 160 g/mol. The van der Waals surface area contributed by atoms with Crippen molar-refractivity contribution in [2.45, 2.75) is 19.3 Å². The topological polar surface area (TPSA) is 49.9 Å². The lowest BCUT2D eigenvalue weighted by Crippen LogP contribution is -2.22. The average molecular weight is 161 g/mol. The second-order valence-corrected chi connectivity index (χ2v) is 2.44. The number of nitrogens with one attached hydrogen (secondary N) is 1. The van der Waals surface area contributed by atoms with E-state index in [4.69, 9.17) is 11.1 Å². The van der Waals surface area contributed by atoms with E-state index in [0.29, 0.717) is 11.8 Å². The summed E-state index contributed by atoms with van der Waals surface area (Å²) in [7, 11) is 0. The number of amidine groups is 1. The van der Waals surface area contributed by atoms with E-state index in [-0.39, 0.29) is 12.4 Å². The van der Waals surface area contributed by atoms with Crippen LogP contribution in [0.1, 0.15) is 19.3 Å². The van der Waals surface area contributed by atoms with Crippen LogP contribution in [-0.2, 0) is 0 Å². The summed E-state index contributed by atoms with van der Waals surface area (Å²) in [6, 6.07) is 0. The molecule has 0 spiro atoms. The summed E-state index contributed by atoms with van der Waals surface area (Å²) in [6.45, 7) is 0. The lowest BCUT2D eigenvalue weighted by atomic mass is 9.94. The molecule has 0 amide bonds. The molecule has 0 saturated carbocycles. The molecule has 1 aliphatic carbocycles. The van der Waals surface area contributed by atoms with Gasteiger partial charge in [0, 0.05) is 5.92 Å². The first-order chi connectivity index (χ1) is 4.30. The van der Waals surface area contributed by atoms with Crippen LogP contribution in [0.3, 0.4) is 0 Å². The number of hydrogen-bond donors (Lipinski definition) is 2. The first-order valence-corrected chi connectivity index (χ1v) is 3.29. The fraction of sp³-hybridized carbons (Fsp3) is 0.571. The zero-order chi connectivity index (χ0) is 6.69. The molecule has 10 heavy (non-hydrogen) atoms. The van der Waals surface area contributed by atoms with Gasteiger partial charge in [-0.2, -0.15) is 0 Å². The first-order valence-electron chi connectivity index (χ1n) is 3.29. The summed E-state index contributed by atoms with van der Waals surface area (Å²) in [5, 5.41) is 7.13. The summed E-state index contributed by atoms with van der Waals surface area (Å²) in [6.07, 6.45) is 7.38. The molecule has 0 bridgehead atoms. The Morgan fingerprint density at radius 1 is 1.50 bits per heavy atom. The van der Waals surface area contributed by atoms with Crippen molar-refractivity contribution in [2.24, 2.45) is 11.7 Å². The minimum absolute atomic E-state index is 0. The molecule has 1 aliphatic rings. The Balaban J connectivity index is 0.000000810. The van der Waals surface area contributed by atoms with Gasteiger partial charge >= 0.3 is 0 Å². The number of allylic oxidation sites excluding steroid dienone is 2. The third-order valence-electron chi connectivity index (χ3n) is 1.71. The lowest BCUT2D eigenvalue weighted by molar-refractivity contribution is 0.609. The molecule has 2 nitrogen and oxygen atoms in total. The molecule has 0 aliphatic heterocycles. The highest BCUT2D eigenvalue weighted by molar-refractivity contribution is 5.85. The van der Waals surface area contributed by atoms with E-state index in [1.165, 1.54) is 0 Å². The van der Waals surface area contributed by atoms with Crippen molar-refractivity contribution in [1.82, 2.24) is 0 Å². The molecule has 1 atom stereocenters. The van der Waals surface area contributed by atoms with Crippen LogP contribution in [0, 0.1) is 11.3 Å². The Morgan fingerprint density at radius 2 is 2.20 bits per heavy atom. The van der Waals surface area contributed by atoms with E-state index in [0.717, 1.165) is 19.3 Å². The summed E-state index contributed by atoms with van der Waals surface area (Å²) in [5.74, 6) is 0.675. The molecular weight excluding hydrogens is 148 g/mol. The molecule has 0 radical (unpaired) electrons. The highest BCUT2D eigenvalue weighted by Crippen LogP contribution is 2.16. The highest BCUT2D eigenvalue weighted by atomic mass is 35.5. The van der Waals surface area contributed by atoms with E-state index in [1.807, 2.05) is 0 Å². The van der Waals surface area contributed by atoms with Crippen molar-refractivity contribution in [1.29, 1.82) is 5.41 Å². The van der Waals surface area contributed by atoms with Gasteiger partial charge in [-0.15, -0.1) is 12.4 Å². The van der Waals surface area contributed by atoms with Gasteiger partial charge < -0.3 is 5.73 Å². The standard InChI is InChI=1S/C7H12N2.ClH/c8-7(9)6-4-2-1-3-5-6;/h1-2,6H,3-5H2,(H3,8,9);1H. The molecule has 3 heteroatoms. The van der Waals surface area contributed by atoms with Crippen LogP contribution in [0.15, 0.2) is 12.2 Å². The highest BCUT2D eigenvalue weighted by Gasteiger charge is 2.11. The van der Waals surface area contributed by atoms with Gasteiger partial charge in [0.25, 0.3) is 0 Å². The lowest BCUT2D eigenvalue weighted by Gasteiger charge is -2.14. The van der Waals surface area contributed by atoms with Crippen molar-refractivity contribution in [3.63, 3.8) is 0 Å². The molecule has 0 heterocycles. The van der Waals surface area contributed by atoms with E-state index in [1.54, 1.807) is 0 Å². The molecular formula is C7H13ClN2. The fourth-order valence-electron chi connectivity index (χ4n) is 1.08. The fourth-order valence-corrected chi connectivity index (χ4v) is 1.08. The molecule has 3 N–H and O–H groups in total. The number of halogens is 1. The zero-order valence-electron chi connectivity index (χ0n) is 5.84. The van der Waals surface area contributed by atoms with Gasteiger partial charge in [-0.25, -0.2) is 0 Å². The molecule has 0 fully saturated rings. The molecule has 1 rings (SSSR count). The van der Waals surface area contributed by atoms with Crippen molar-refractivity contribution in [3.05, 3.63) is 12.2 Å². The second kappa shape index (κ2) is 4.34. The van der Waals surface area contributed by atoms with Gasteiger partial charge in [0.05, 0.1) is 5.84 Å². The largest absolute Gasteiger partial charge is 0.387 e. The number of hydrogen-bond acceptors (Lipinski definition) is 1. The van der Waals surface area contributed by atoms with Gasteiger partial charge in [-0.3, -0.25) is 5.41 Å². The maximum Gasteiger partial charge on any atom is 0.0940 e. The maximum absolute atomic E-state index is 7.13. The summed E-state index contributed by atoms with van der Waals surface area (Å²) in [4.78, 5) is 0. The van der Waals surface area contributed by atoms with Gasteiger partial charge in [0.15, 0.2) is 0 Å². The van der Waals surface area contributed by atoms with E-state index in [2.05, 4.69) is 12.2 Å². The Bertz CT molecular complexity index is 143. The summed E-state index contributed by atoms with van der Waals surface area (Å²) in [5.41, 5.74) is 5.32. The first kappa shape index (κ1) is 9.50. The molecule has 1 unspecified atom stereocenters. The third kappa shape index (κ3) is 2.40. The van der Waals surface area contributed by atoms with Crippen molar-refractivity contribution >= 4 is 18.2 Å². The van der Waals surface area contributed by atoms with Crippen LogP contribution in [0.5, 0.6) is 0 Å². The Morgan fingerprint density at radius 3 is 2.50 bits per heavy atom. The number of nitrogens with two attached hydrogens (primary N) is 1. The zero-order valence-corrected chi connectivity index (χ0v) is 6.66. The van der Waals surface area contributed by atoms with E-state index < -0.39 is 0 Å². The van der Waals surface area contributed by atoms with Crippen molar-refractivity contribution in [3.8, 4) is 0 Å². The van der Waals surface area contributed by atoms with Crippen LogP contribution >= 0.6 is 12.4 Å². The Hall–Kier alpha value is -0.500. The van der Waals surface area contributed by atoms with Crippen LogP contribution in [0.4, 0.5) is 0 Å². The quantitative estimate of drug-likeness (QED) is 0.343. The predicted molar refractivity (Wildman–Crippen MR) is 45.6 cm³/mol. The van der Waals surface area contributed by atoms with Gasteiger partial charge in [-0.05, 0) is 19.3 Å². The van der Waals surface area contributed by atoms with E-state index >= 15 is 0 Å². The minimum atomic E-state index is 0. The smallest absolute Gasteiger partial charge is 0.0940 e. The molecule has 0 aromatic heterocycles. The van der Waals surface area contributed by atoms with Gasteiger partial charge in [0.1, 0.15) is 0 Å². The minimum Gasteiger partial charge on any atom is -0.387 e. The molecule has 0 aromatic rings. The number of rotatable bonds is 1. The Labute approximate surface area is 67.4 Å². The van der Waals surface area contributed by atoms with E-state index in [9.17, 15) is 0 Å². The van der Waals surface area contributed by atoms with Crippen LogP contribution in [0.2, 0.25) is 0 Å². The summed E-state index contributed by atoms with van der Waals surface area (Å²) >= 11 is 0. The van der Waals surface area contributed by atoms with Crippen LogP contribution in [0.25, 0.3) is 0 Å². The van der Waals surface area contributed by atoms with Gasteiger partial charge in [-0.1, -0.05) is 12.2 Å². The van der Waals surface area contributed by atoms with Crippen molar-refractivity contribution < 1.29 is 0 Å². The van der Waals surface area contributed by atoms with Crippen molar-refractivity contribution in [2.75, 3.05) is 0 Å². The Kier molecular flexibility index (Phi) is 4.12. The maximum atomic E-state index is 7.13. The van der Waals surface area contributed by atoms with Gasteiger partial charge in [0.2, 0.25) is 0 Å². The predicted octanol–water partition coefficient (Wildman–Crippen LogP) is 1.70. The molecule has 0 saturated heterocycles. The summed E-state index contributed by atoms with van der Waals surface area (Å²) < 4.78 is 0. The second-order valence-electron chi connectivity index (χ2n) is 2.44. The van der Waals surface area contributed by atoms with Crippen LogP contribution in [-0.4, -0.2) is 5.84 Å². The third-order valence-corrected chi connectivity index (χ3v) is 1.71.